The molecule has 1 saturated heterocycles. The number of amides is 3. The molecule has 10 heteroatoms. The molecule has 3 N–H and O–H groups in total. The first kappa shape index (κ1) is 22.3. The Morgan fingerprint density at radius 2 is 1.84 bits per heavy atom. The third kappa shape index (κ3) is 5.80. The summed E-state index contributed by atoms with van der Waals surface area (Å²) in [7, 11) is 0. The zero-order valence-electron chi connectivity index (χ0n) is 16.4. The summed E-state index contributed by atoms with van der Waals surface area (Å²) in [5, 5.41) is 2.35. The number of carbonyl (C=O) groups excluding carboxylic acids is 3. The Labute approximate surface area is 176 Å². The molecule has 3 amide bonds. The first-order valence-corrected chi connectivity index (χ1v) is 9.62. The third-order valence-corrected chi connectivity index (χ3v) is 5.12. The number of primary amides is 1. The van der Waals surface area contributed by atoms with Gasteiger partial charge in [-0.3, -0.25) is 19.4 Å². The van der Waals surface area contributed by atoms with Crippen molar-refractivity contribution in [2.45, 2.75) is 31.5 Å². The number of pyridine rings is 1. The van der Waals surface area contributed by atoms with E-state index in [0.717, 1.165) is 5.56 Å². The number of rotatable bonds is 4. The third-order valence-electron chi connectivity index (χ3n) is 5.12. The Balaban J connectivity index is 1.81. The number of carbonyl (C=O) groups is 3. The van der Waals surface area contributed by atoms with Gasteiger partial charge in [0.1, 0.15) is 0 Å². The highest BCUT2D eigenvalue weighted by atomic mass is 19.4. The van der Waals surface area contributed by atoms with Crippen molar-refractivity contribution in [1.82, 2.24) is 9.88 Å². The molecule has 1 aromatic heterocycles. The van der Waals surface area contributed by atoms with Crippen molar-refractivity contribution in [1.29, 1.82) is 0 Å². The molecule has 1 unspecified atom stereocenters. The number of alkyl halides is 3. The van der Waals surface area contributed by atoms with Crippen LogP contribution in [0.3, 0.4) is 0 Å². The van der Waals surface area contributed by atoms with Crippen LogP contribution >= 0.6 is 0 Å². The molecule has 164 valence electrons. The standard InChI is InChI=1S/C21H21F3N4O3/c22-21(23,24)9-13-6-7-17(14-4-2-1-3-5-14)28(12-13)20(31)19(30)27-16-8-15(18(25)29)10-26-11-16/h1-5,8,10-11,13,17H,6-7,9,12H2,(H2,25,29)(H,27,30)/t13-,17?/m1/s1. The Bertz CT molecular complexity index is 966. The lowest BCUT2D eigenvalue weighted by Gasteiger charge is -2.39. The van der Waals surface area contributed by atoms with Gasteiger partial charge in [0.15, 0.2) is 0 Å². The van der Waals surface area contributed by atoms with E-state index in [1.807, 2.05) is 0 Å². The first-order valence-electron chi connectivity index (χ1n) is 9.62. The maximum atomic E-state index is 12.9. The highest BCUT2D eigenvalue weighted by Gasteiger charge is 2.40. The number of halogens is 3. The number of nitrogens with two attached hydrogens (primary N) is 1. The van der Waals surface area contributed by atoms with Crippen LogP contribution in [-0.4, -0.2) is 40.3 Å². The summed E-state index contributed by atoms with van der Waals surface area (Å²) in [6, 6.07) is 9.61. The highest BCUT2D eigenvalue weighted by molar-refractivity contribution is 6.39. The molecule has 3 rings (SSSR count). The van der Waals surface area contributed by atoms with E-state index in [-0.39, 0.29) is 24.2 Å². The van der Waals surface area contributed by atoms with E-state index in [1.165, 1.54) is 23.4 Å². The van der Waals surface area contributed by atoms with Crippen LogP contribution in [0, 0.1) is 5.92 Å². The number of aromatic nitrogens is 1. The summed E-state index contributed by atoms with van der Waals surface area (Å²) >= 11 is 0. The van der Waals surface area contributed by atoms with E-state index in [9.17, 15) is 27.6 Å². The average molecular weight is 434 g/mol. The molecule has 0 aliphatic carbocycles. The second kappa shape index (κ2) is 9.15. The Morgan fingerprint density at radius 1 is 1.13 bits per heavy atom. The van der Waals surface area contributed by atoms with Gasteiger partial charge in [-0.25, -0.2) is 0 Å². The van der Waals surface area contributed by atoms with Crippen LogP contribution in [0.25, 0.3) is 0 Å². The highest BCUT2D eigenvalue weighted by Crippen LogP contribution is 2.38. The number of hydrogen-bond donors (Lipinski definition) is 2. The van der Waals surface area contributed by atoms with Gasteiger partial charge in [0.2, 0.25) is 5.91 Å². The van der Waals surface area contributed by atoms with Crippen molar-refractivity contribution >= 4 is 23.4 Å². The fourth-order valence-electron chi connectivity index (χ4n) is 3.74. The molecule has 2 heterocycles. The van der Waals surface area contributed by atoms with Crippen molar-refractivity contribution in [3.8, 4) is 0 Å². The van der Waals surface area contributed by atoms with Gasteiger partial charge >= 0.3 is 18.0 Å². The topological polar surface area (TPSA) is 105 Å². The fourth-order valence-corrected chi connectivity index (χ4v) is 3.74. The van der Waals surface area contributed by atoms with Gasteiger partial charge in [0, 0.05) is 19.2 Å². The van der Waals surface area contributed by atoms with Gasteiger partial charge in [-0.05, 0) is 30.4 Å². The van der Waals surface area contributed by atoms with E-state index in [0.29, 0.717) is 6.42 Å². The van der Waals surface area contributed by atoms with Crippen molar-refractivity contribution in [3.05, 3.63) is 59.9 Å². The molecule has 7 nitrogen and oxygen atoms in total. The van der Waals surface area contributed by atoms with E-state index >= 15 is 0 Å². The number of benzene rings is 1. The summed E-state index contributed by atoms with van der Waals surface area (Å²) in [5.41, 5.74) is 6.04. The second-order valence-electron chi connectivity index (χ2n) is 7.43. The summed E-state index contributed by atoms with van der Waals surface area (Å²) in [5.74, 6) is -3.54. The van der Waals surface area contributed by atoms with Crippen LogP contribution < -0.4 is 11.1 Å². The number of nitrogens with one attached hydrogen (secondary N) is 1. The van der Waals surface area contributed by atoms with Gasteiger partial charge in [-0.2, -0.15) is 13.2 Å². The van der Waals surface area contributed by atoms with E-state index in [2.05, 4.69) is 10.3 Å². The predicted molar refractivity (Wildman–Crippen MR) is 106 cm³/mol. The second-order valence-corrected chi connectivity index (χ2v) is 7.43. The maximum absolute atomic E-state index is 12.9. The monoisotopic (exact) mass is 434 g/mol. The zero-order valence-corrected chi connectivity index (χ0v) is 16.4. The number of nitrogens with zero attached hydrogens (tertiary/aromatic N) is 2. The molecule has 0 spiro atoms. The number of hydrogen-bond acceptors (Lipinski definition) is 4. The van der Waals surface area contributed by atoms with E-state index < -0.39 is 42.3 Å². The van der Waals surface area contributed by atoms with Crippen LogP contribution in [-0.2, 0) is 9.59 Å². The smallest absolute Gasteiger partial charge is 0.366 e. The Kier molecular flexibility index (Phi) is 6.57. The molecule has 31 heavy (non-hydrogen) atoms. The van der Waals surface area contributed by atoms with Crippen LogP contribution in [0.15, 0.2) is 48.8 Å². The molecule has 1 aliphatic heterocycles. The van der Waals surface area contributed by atoms with Crippen LogP contribution in [0.1, 0.15) is 41.2 Å². The maximum Gasteiger partial charge on any atom is 0.389 e. The van der Waals surface area contributed by atoms with Crippen LogP contribution in [0.4, 0.5) is 18.9 Å². The van der Waals surface area contributed by atoms with Gasteiger partial charge in [-0.1, -0.05) is 30.3 Å². The lowest BCUT2D eigenvalue weighted by molar-refractivity contribution is -0.157. The fraction of sp³-hybridized carbons (Fsp3) is 0.333. The normalized spacial score (nSPS) is 19.0. The minimum absolute atomic E-state index is 0.0376. The first-order chi connectivity index (χ1) is 14.6. The molecule has 0 bridgehead atoms. The molecule has 1 aliphatic rings. The summed E-state index contributed by atoms with van der Waals surface area (Å²) < 4.78 is 38.7. The zero-order chi connectivity index (χ0) is 22.6. The SMILES string of the molecule is NC(=O)c1cncc(NC(=O)C(=O)N2C[C@@H](CC(F)(F)F)CCC2c2ccccc2)c1. The van der Waals surface area contributed by atoms with Crippen molar-refractivity contribution < 1.29 is 27.6 Å². The molecule has 2 atom stereocenters. The number of anilines is 1. The molecule has 1 aromatic carbocycles. The molecular formula is C21H21F3N4O3. The average Bonchev–Trinajstić information content (AvgIpc) is 2.72. The van der Waals surface area contributed by atoms with Gasteiger partial charge in [-0.15, -0.1) is 0 Å². The molecular weight excluding hydrogens is 413 g/mol. The summed E-state index contributed by atoms with van der Waals surface area (Å²) in [6.45, 7) is -0.190. The van der Waals surface area contributed by atoms with Gasteiger partial charge in [0.25, 0.3) is 0 Å². The van der Waals surface area contributed by atoms with Gasteiger partial charge < -0.3 is 16.0 Å². The summed E-state index contributed by atoms with van der Waals surface area (Å²) in [4.78, 5) is 41.8. The largest absolute Gasteiger partial charge is 0.389 e. The van der Waals surface area contributed by atoms with E-state index in [1.54, 1.807) is 30.3 Å². The lowest BCUT2D eigenvalue weighted by atomic mass is 9.87. The number of likely N-dealkylation sites (tertiary alicyclic amines) is 1. The summed E-state index contributed by atoms with van der Waals surface area (Å²) in [6.07, 6.45) is -2.35. The number of piperidine rings is 1. The predicted octanol–water partition coefficient (Wildman–Crippen LogP) is 3.05. The van der Waals surface area contributed by atoms with Crippen LogP contribution in [0.2, 0.25) is 0 Å². The Morgan fingerprint density at radius 3 is 2.48 bits per heavy atom. The molecule has 0 radical (unpaired) electrons. The van der Waals surface area contributed by atoms with Crippen molar-refractivity contribution in [3.63, 3.8) is 0 Å². The minimum Gasteiger partial charge on any atom is -0.366 e. The minimum atomic E-state index is -4.36. The molecule has 0 saturated carbocycles. The van der Waals surface area contributed by atoms with Crippen molar-refractivity contribution in [2.24, 2.45) is 11.7 Å². The van der Waals surface area contributed by atoms with Crippen molar-refractivity contribution in [2.75, 3.05) is 11.9 Å². The van der Waals surface area contributed by atoms with E-state index in [4.69, 9.17) is 5.73 Å². The van der Waals surface area contributed by atoms with Crippen LogP contribution in [0.5, 0.6) is 0 Å². The molecule has 1 fully saturated rings. The quantitative estimate of drug-likeness (QED) is 0.722. The van der Waals surface area contributed by atoms with Gasteiger partial charge in [0.05, 0.1) is 23.5 Å². The molecule has 2 aromatic rings. The Hall–Kier alpha value is -3.43. The lowest BCUT2D eigenvalue weighted by Crippen LogP contribution is -2.47.